The van der Waals surface area contributed by atoms with Crippen molar-refractivity contribution in [2.24, 2.45) is 11.8 Å². The van der Waals surface area contributed by atoms with Crippen LogP contribution in [0, 0.1) is 11.8 Å². The molecule has 5 rings (SSSR count). The second-order valence-corrected chi connectivity index (χ2v) is 6.96. The average Bonchev–Trinajstić information content (AvgIpc) is 3.28. The van der Waals surface area contributed by atoms with Gasteiger partial charge in [-0.25, -0.2) is 0 Å². The molecule has 0 aliphatic carbocycles. The highest BCUT2D eigenvalue weighted by molar-refractivity contribution is 6.06. The van der Waals surface area contributed by atoms with Gasteiger partial charge in [0.05, 0.1) is 29.6 Å². The summed E-state index contributed by atoms with van der Waals surface area (Å²) >= 11 is 0. The summed E-state index contributed by atoms with van der Waals surface area (Å²) in [4.78, 5) is 31.2. The van der Waals surface area contributed by atoms with Crippen molar-refractivity contribution in [1.82, 2.24) is 9.88 Å². The van der Waals surface area contributed by atoms with Crippen LogP contribution in [0.1, 0.15) is 18.4 Å². The molecule has 0 saturated carbocycles. The molecule has 0 unspecified atom stereocenters. The van der Waals surface area contributed by atoms with E-state index in [1.54, 1.807) is 0 Å². The second-order valence-electron chi connectivity index (χ2n) is 6.96. The molecular weight excluding hydrogens is 304 g/mol. The van der Waals surface area contributed by atoms with Crippen LogP contribution < -0.4 is 0 Å². The number of para-hydroxylation sites is 1. The Bertz CT molecular complexity index is 821. The molecule has 24 heavy (non-hydrogen) atoms. The van der Waals surface area contributed by atoms with Gasteiger partial charge < -0.3 is 4.74 Å². The van der Waals surface area contributed by atoms with E-state index in [-0.39, 0.29) is 35.9 Å². The van der Waals surface area contributed by atoms with Gasteiger partial charge in [-0.05, 0) is 37.0 Å². The number of hydrogen-bond acceptors (Lipinski definition) is 4. The van der Waals surface area contributed by atoms with E-state index in [4.69, 9.17) is 4.74 Å². The number of likely N-dealkylation sites (tertiary alicyclic amines) is 1. The molecule has 1 aromatic carbocycles. The normalized spacial score (nSPS) is 31.2. The first-order valence-corrected chi connectivity index (χ1v) is 8.57. The number of pyridine rings is 1. The minimum absolute atomic E-state index is 0.0362. The van der Waals surface area contributed by atoms with Gasteiger partial charge in [0.15, 0.2) is 0 Å². The van der Waals surface area contributed by atoms with Crippen molar-refractivity contribution in [3.63, 3.8) is 0 Å². The van der Waals surface area contributed by atoms with E-state index in [1.807, 2.05) is 30.5 Å². The zero-order valence-electron chi connectivity index (χ0n) is 13.2. The standard InChI is InChI=1S/C19H18N2O3/c22-18-16-14-5-6-15(24-14)17(16)19(23)21(18)8-7-11-9-12-3-1-2-4-13(12)20-10-11/h1-4,9-10,14-17H,5-8H2/t14-,15+,16-,17+. The number of hydrogen-bond donors (Lipinski definition) is 0. The third kappa shape index (κ3) is 1.94. The number of imide groups is 1. The number of ether oxygens (including phenoxy) is 1. The molecule has 122 valence electrons. The van der Waals surface area contributed by atoms with Crippen LogP contribution in [0.25, 0.3) is 10.9 Å². The largest absolute Gasteiger partial charge is 0.373 e. The van der Waals surface area contributed by atoms with Crippen molar-refractivity contribution < 1.29 is 14.3 Å². The number of carbonyl (C=O) groups is 2. The Morgan fingerprint density at radius 2 is 1.79 bits per heavy atom. The van der Waals surface area contributed by atoms with Gasteiger partial charge >= 0.3 is 0 Å². The van der Waals surface area contributed by atoms with Gasteiger partial charge in [0.1, 0.15) is 0 Å². The van der Waals surface area contributed by atoms with E-state index in [1.165, 1.54) is 4.90 Å². The van der Waals surface area contributed by atoms with Crippen LogP contribution in [0.5, 0.6) is 0 Å². The van der Waals surface area contributed by atoms with E-state index in [0.717, 1.165) is 29.3 Å². The van der Waals surface area contributed by atoms with Gasteiger partial charge in [0.25, 0.3) is 0 Å². The fourth-order valence-corrected chi connectivity index (χ4v) is 4.49. The van der Waals surface area contributed by atoms with Crippen molar-refractivity contribution in [2.75, 3.05) is 6.54 Å². The third-order valence-corrected chi connectivity index (χ3v) is 5.65. The summed E-state index contributed by atoms with van der Waals surface area (Å²) in [5, 5.41) is 1.08. The van der Waals surface area contributed by atoms with E-state index < -0.39 is 0 Å². The lowest BCUT2D eigenvalue weighted by Crippen LogP contribution is -2.35. The monoisotopic (exact) mass is 322 g/mol. The fraction of sp³-hybridized carbons (Fsp3) is 0.421. The molecule has 1 aromatic heterocycles. The lowest BCUT2D eigenvalue weighted by atomic mass is 9.81. The zero-order chi connectivity index (χ0) is 16.3. The summed E-state index contributed by atoms with van der Waals surface area (Å²) in [6.45, 7) is 0.435. The maximum Gasteiger partial charge on any atom is 0.235 e. The molecule has 3 aliphatic heterocycles. The molecule has 0 radical (unpaired) electrons. The number of benzene rings is 1. The highest BCUT2D eigenvalue weighted by atomic mass is 16.5. The van der Waals surface area contributed by atoms with Crippen LogP contribution in [-0.4, -0.2) is 40.5 Å². The smallest absolute Gasteiger partial charge is 0.235 e. The first-order valence-electron chi connectivity index (χ1n) is 8.57. The number of carbonyl (C=O) groups excluding carboxylic acids is 2. The minimum atomic E-state index is -0.231. The van der Waals surface area contributed by atoms with E-state index in [9.17, 15) is 9.59 Å². The number of amides is 2. The van der Waals surface area contributed by atoms with Crippen LogP contribution in [-0.2, 0) is 20.7 Å². The molecule has 0 N–H and O–H groups in total. The Balaban J connectivity index is 1.34. The summed E-state index contributed by atoms with van der Waals surface area (Å²) in [5.41, 5.74) is 2.00. The predicted molar refractivity (Wildman–Crippen MR) is 87.0 cm³/mol. The number of nitrogens with zero attached hydrogens (tertiary/aromatic N) is 2. The highest BCUT2D eigenvalue weighted by Crippen LogP contribution is 2.48. The molecular formula is C19H18N2O3. The molecule has 2 bridgehead atoms. The Morgan fingerprint density at radius 1 is 1.08 bits per heavy atom. The van der Waals surface area contributed by atoms with Crippen LogP contribution in [0.2, 0.25) is 0 Å². The van der Waals surface area contributed by atoms with Crippen molar-refractivity contribution in [1.29, 1.82) is 0 Å². The molecule has 4 heterocycles. The first-order chi connectivity index (χ1) is 11.7. The van der Waals surface area contributed by atoms with Crippen molar-refractivity contribution in [2.45, 2.75) is 31.5 Å². The summed E-state index contributed by atoms with van der Waals surface area (Å²) < 4.78 is 5.76. The van der Waals surface area contributed by atoms with E-state index in [2.05, 4.69) is 11.1 Å². The van der Waals surface area contributed by atoms with Gasteiger partial charge in [-0.2, -0.15) is 0 Å². The van der Waals surface area contributed by atoms with Crippen LogP contribution in [0.15, 0.2) is 36.5 Å². The fourth-order valence-electron chi connectivity index (χ4n) is 4.49. The molecule has 5 nitrogen and oxygen atoms in total. The lowest BCUT2D eigenvalue weighted by molar-refractivity contribution is -0.142. The molecule has 0 spiro atoms. The Hall–Kier alpha value is -2.27. The van der Waals surface area contributed by atoms with Crippen molar-refractivity contribution in [3.8, 4) is 0 Å². The number of rotatable bonds is 3. The van der Waals surface area contributed by atoms with Crippen molar-refractivity contribution in [3.05, 3.63) is 42.1 Å². The third-order valence-electron chi connectivity index (χ3n) is 5.65. The predicted octanol–water partition coefficient (Wildman–Crippen LogP) is 1.94. The Labute approximate surface area is 139 Å². The SMILES string of the molecule is O=C1[C@@H]2[C@H](C(=O)N1CCc1cnc3ccccc3c1)[C@H]1CC[C@@H]2O1. The summed E-state index contributed by atoms with van der Waals surface area (Å²) in [7, 11) is 0. The minimum Gasteiger partial charge on any atom is -0.373 e. The van der Waals surface area contributed by atoms with Crippen LogP contribution in [0.4, 0.5) is 0 Å². The molecule has 2 aromatic rings. The summed E-state index contributed by atoms with van der Waals surface area (Å²) in [6, 6.07) is 10.0. The summed E-state index contributed by atoms with van der Waals surface area (Å²) in [6.07, 6.45) is 4.22. The number of aromatic nitrogens is 1. The maximum atomic E-state index is 12.6. The van der Waals surface area contributed by atoms with Gasteiger partial charge in [0.2, 0.25) is 11.8 Å². The molecule has 4 atom stereocenters. The van der Waals surface area contributed by atoms with Crippen LogP contribution in [0.3, 0.4) is 0 Å². The first kappa shape index (κ1) is 14.1. The van der Waals surface area contributed by atoms with Gasteiger partial charge in [-0.15, -0.1) is 0 Å². The second kappa shape index (κ2) is 5.11. The maximum absolute atomic E-state index is 12.6. The average molecular weight is 322 g/mol. The van der Waals surface area contributed by atoms with Gasteiger partial charge in [-0.1, -0.05) is 18.2 Å². The topological polar surface area (TPSA) is 59.5 Å². The lowest BCUT2D eigenvalue weighted by Gasteiger charge is -2.17. The van der Waals surface area contributed by atoms with Gasteiger partial charge in [0, 0.05) is 18.1 Å². The Kier molecular flexibility index (Phi) is 3.00. The van der Waals surface area contributed by atoms with Gasteiger partial charge in [-0.3, -0.25) is 19.5 Å². The van der Waals surface area contributed by atoms with Crippen LogP contribution >= 0.6 is 0 Å². The van der Waals surface area contributed by atoms with E-state index >= 15 is 0 Å². The molecule has 3 fully saturated rings. The molecule has 3 aliphatic rings. The van der Waals surface area contributed by atoms with Crippen molar-refractivity contribution >= 4 is 22.7 Å². The molecule has 5 heteroatoms. The quantitative estimate of drug-likeness (QED) is 0.810. The highest BCUT2D eigenvalue weighted by Gasteiger charge is 2.62. The Morgan fingerprint density at radius 3 is 2.54 bits per heavy atom. The van der Waals surface area contributed by atoms with E-state index in [0.29, 0.717) is 13.0 Å². The molecule has 2 amide bonds. The zero-order valence-corrected chi connectivity index (χ0v) is 13.2. The summed E-state index contributed by atoms with van der Waals surface area (Å²) in [5.74, 6) is -0.533. The molecule has 3 saturated heterocycles. The number of fused-ring (bicyclic) bond motifs is 6.